The van der Waals surface area contributed by atoms with Gasteiger partial charge in [-0.25, -0.2) is 0 Å². The molecule has 3 heterocycles. The monoisotopic (exact) mass is 1030 g/mol. The molecule has 3 fully saturated rings. The van der Waals surface area contributed by atoms with Gasteiger partial charge in [0.25, 0.3) is 11.8 Å². The van der Waals surface area contributed by atoms with Crippen molar-refractivity contribution in [2.24, 2.45) is 23.5 Å². The van der Waals surface area contributed by atoms with Crippen molar-refractivity contribution in [3.8, 4) is 5.75 Å². The van der Waals surface area contributed by atoms with Crippen LogP contribution in [0.1, 0.15) is 136 Å². The molecule has 3 aliphatic heterocycles. The fourth-order valence-electron chi connectivity index (χ4n) is 9.93. The molecule has 0 radical (unpaired) electrons. The number of phenols is 1. The van der Waals surface area contributed by atoms with Crippen molar-refractivity contribution in [1.29, 1.82) is 0 Å². The maximum absolute atomic E-state index is 14.5. The van der Waals surface area contributed by atoms with E-state index in [1.807, 2.05) is 0 Å². The lowest BCUT2D eigenvalue weighted by Crippen LogP contribution is -2.67. The van der Waals surface area contributed by atoms with Crippen LogP contribution in [0.2, 0.25) is 0 Å². The Bertz CT molecular complexity index is 2040. The van der Waals surface area contributed by atoms with Crippen molar-refractivity contribution >= 4 is 47.3 Å². The predicted molar refractivity (Wildman–Crippen MR) is 266 cm³/mol. The zero-order valence-electron chi connectivity index (χ0n) is 43.1. The first-order chi connectivity index (χ1) is 34.5. The maximum atomic E-state index is 14.5. The Morgan fingerprint density at radius 3 is 2.14 bits per heavy atom. The quantitative estimate of drug-likeness (QED) is 0.0732. The second kappa shape index (κ2) is 28.3. The average molecular weight is 1030 g/mol. The van der Waals surface area contributed by atoms with Crippen LogP contribution >= 0.6 is 0 Å². The number of rotatable bonds is 20. The van der Waals surface area contributed by atoms with E-state index in [1.165, 1.54) is 45.2 Å². The Hall–Kier alpha value is -5.42. The summed E-state index contributed by atoms with van der Waals surface area (Å²) in [7, 11) is 0. The number of aliphatic hydroxyl groups is 5. The number of hydrogen-bond acceptors (Lipinski definition) is 14. The van der Waals surface area contributed by atoms with E-state index in [9.17, 15) is 69.0 Å². The number of aryl methyl sites for hydroxylation is 1. The number of nitrogens with two attached hydrogens (primary N) is 1. The zero-order valence-corrected chi connectivity index (χ0v) is 43.1. The fraction of sp³-hybridized carbons (Fsp3) is 0.725. The number of amides is 8. The number of primary amides is 1. The molecular weight excluding hydrogens is 949 g/mol. The van der Waals surface area contributed by atoms with Crippen LogP contribution in [0.4, 0.5) is 0 Å². The number of nitrogens with one attached hydrogen (secondary N) is 5. The lowest BCUT2D eigenvalue weighted by molar-refractivity contribution is -0.185. The molecule has 0 bridgehead atoms. The van der Waals surface area contributed by atoms with Crippen molar-refractivity contribution in [2.45, 2.75) is 198 Å². The number of carbonyl (C=O) groups is 8. The molecule has 22 nitrogen and oxygen atoms in total. The molecule has 410 valence electrons. The standard InChI is InChI=1S/C51H82N8O14/c1-6-29(2)24-30(3)14-11-9-7-8-10-12-16-41(65)54-36-15-13-23-53-50(72)51(73)44(66)31(4)27-59(51)49(71)43(39(63)26-40(52)64)57-46(68)37(22-19-33-17-20-34(61)21-18-33)55-47(69)38-25-35(62)28-58(38)48(70)42(32(5)60)56-45(36)67/h17-18,20-21,29-32,35-39,42-44,60-63,66,73H,6-16,19,22-28H2,1-5H3,(H2,52,64)(H,53,72)(H,54,65)(H,55,69)(H,56,67)(H,57,68)/t29?,30?,31-,32+,35+,36-,37-,38-,39?,42-,43-,44-,51+/m0/s1. The largest absolute Gasteiger partial charge is 0.508 e. The molecule has 13 N–H and O–H groups in total. The van der Waals surface area contributed by atoms with Crippen LogP contribution in [0.25, 0.3) is 0 Å². The highest BCUT2D eigenvalue weighted by molar-refractivity contribution is 5.98. The summed E-state index contributed by atoms with van der Waals surface area (Å²) >= 11 is 0. The molecule has 0 spiro atoms. The molecule has 0 aromatic heterocycles. The van der Waals surface area contributed by atoms with Gasteiger partial charge in [0.15, 0.2) is 0 Å². The van der Waals surface area contributed by atoms with Crippen LogP contribution in [0, 0.1) is 17.8 Å². The van der Waals surface area contributed by atoms with Gasteiger partial charge in [-0.2, -0.15) is 0 Å². The van der Waals surface area contributed by atoms with Gasteiger partial charge in [0.1, 0.15) is 42.1 Å². The topological polar surface area (TPSA) is 351 Å². The minimum Gasteiger partial charge on any atom is -0.508 e. The summed E-state index contributed by atoms with van der Waals surface area (Å²) in [5, 5.41) is 78.7. The van der Waals surface area contributed by atoms with E-state index >= 15 is 0 Å². The van der Waals surface area contributed by atoms with Crippen LogP contribution in [-0.4, -0.2) is 168 Å². The highest BCUT2D eigenvalue weighted by Gasteiger charge is 2.59. The first-order valence-electron chi connectivity index (χ1n) is 26.1. The molecule has 1 aromatic carbocycles. The van der Waals surface area contributed by atoms with Gasteiger partial charge in [-0.1, -0.05) is 84.8 Å². The molecule has 3 aliphatic rings. The molecule has 73 heavy (non-hydrogen) atoms. The average Bonchev–Trinajstić information content (AvgIpc) is 3.84. The van der Waals surface area contributed by atoms with Crippen LogP contribution in [0.15, 0.2) is 24.3 Å². The predicted octanol–water partition coefficient (Wildman–Crippen LogP) is -0.526. The molecular formula is C51H82N8O14. The minimum absolute atomic E-state index is 0.0522. The van der Waals surface area contributed by atoms with Crippen LogP contribution < -0.4 is 32.3 Å². The molecule has 4 rings (SSSR count). The summed E-state index contributed by atoms with van der Waals surface area (Å²) < 4.78 is 0. The Balaban J connectivity index is 1.64. The summed E-state index contributed by atoms with van der Waals surface area (Å²) in [6.07, 6.45) is 0.631. The Morgan fingerprint density at radius 1 is 0.849 bits per heavy atom. The first kappa shape index (κ1) is 60.1. The van der Waals surface area contributed by atoms with Crippen molar-refractivity contribution in [3.63, 3.8) is 0 Å². The molecule has 3 unspecified atom stereocenters. The number of benzene rings is 1. The van der Waals surface area contributed by atoms with E-state index < -0.39 is 133 Å². The van der Waals surface area contributed by atoms with Crippen molar-refractivity contribution in [1.82, 2.24) is 36.4 Å². The summed E-state index contributed by atoms with van der Waals surface area (Å²) in [6.45, 7) is 8.23. The number of hydrogen-bond donors (Lipinski definition) is 12. The number of nitrogens with zero attached hydrogens (tertiary/aromatic N) is 2. The molecule has 0 saturated carbocycles. The number of unbranched alkanes of at least 4 members (excludes halogenated alkanes) is 5. The van der Waals surface area contributed by atoms with E-state index in [2.05, 4.69) is 47.4 Å². The summed E-state index contributed by atoms with van der Waals surface area (Å²) in [5.41, 5.74) is 2.95. The molecule has 13 atom stereocenters. The van der Waals surface area contributed by atoms with Gasteiger partial charge in [-0.15, -0.1) is 0 Å². The molecule has 8 amide bonds. The molecule has 3 saturated heterocycles. The van der Waals surface area contributed by atoms with Gasteiger partial charge in [-0.05, 0) is 75.0 Å². The van der Waals surface area contributed by atoms with Crippen LogP contribution in [0.5, 0.6) is 5.75 Å². The third-order valence-corrected chi connectivity index (χ3v) is 14.5. The maximum Gasteiger partial charge on any atom is 0.276 e. The van der Waals surface area contributed by atoms with Gasteiger partial charge in [0.2, 0.25) is 41.2 Å². The number of aromatic hydroxyl groups is 1. The third kappa shape index (κ3) is 17.1. The van der Waals surface area contributed by atoms with E-state index in [-0.39, 0.29) is 50.8 Å². The SMILES string of the molecule is CCC(C)CC(C)CCCCCCCCC(=O)N[C@H]1CCCNC(=O)[C@]2(O)[C@@H](O)[C@@H](C)CN2C(=O)[C@H](C(O)CC(N)=O)NC(=O)[C@H](CCc2ccc(O)cc2)NC(=O)[C@@H]2C[C@@H](O)CN2C(=O)[C@H]([C@@H](C)O)NC1=O. The fourth-order valence-corrected chi connectivity index (χ4v) is 9.93. The molecule has 1 aromatic rings. The van der Waals surface area contributed by atoms with Gasteiger partial charge < -0.3 is 72.8 Å². The number of fused-ring (bicyclic) bond motifs is 2. The van der Waals surface area contributed by atoms with Gasteiger partial charge in [0.05, 0.1) is 24.7 Å². The summed E-state index contributed by atoms with van der Waals surface area (Å²) in [4.78, 5) is 113. The van der Waals surface area contributed by atoms with Gasteiger partial charge in [0, 0.05) is 38.4 Å². The van der Waals surface area contributed by atoms with Crippen LogP contribution in [0.3, 0.4) is 0 Å². The second-order valence-electron chi connectivity index (χ2n) is 20.7. The second-order valence-corrected chi connectivity index (χ2v) is 20.7. The highest BCUT2D eigenvalue weighted by Crippen LogP contribution is 2.33. The molecule has 22 heteroatoms. The third-order valence-electron chi connectivity index (χ3n) is 14.5. The normalized spacial score (nSPS) is 28.6. The Morgan fingerprint density at radius 2 is 1.49 bits per heavy atom. The zero-order chi connectivity index (χ0) is 54.2. The van der Waals surface area contributed by atoms with Crippen molar-refractivity contribution in [3.05, 3.63) is 29.8 Å². The molecule has 0 aliphatic carbocycles. The lowest BCUT2D eigenvalue weighted by atomic mass is 9.91. The number of carbonyl (C=O) groups excluding carboxylic acids is 8. The van der Waals surface area contributed by atoms with Crippen molar-refractivity contribution < 1.29 is 69.0 Å². The van der Waals surface area contributed by atoms with Gasteiger partial charge in [-0.3, -0.25) is 38.4 Å². The van der Waals surface area contributed by atoms with E-state index in [4.69, 9.17) is 5.73 Å². The number of phenolic OH excluding ortho intramolecular Hbond substituents is 1. The van der Waals surface area contributed by atoms with Crippen LogP contribution in [-0.2, 0) is 44.8 Å². The van der Waals surface area contributed by atoms with E-state index in [1.54, 1.807) is 12.1 Å². The van der Waals surface area contributed by atoms with Crippen molar-refractivity contribution in [2.75, 3.05) is 19.6 Å². The lowest BCUT2D eigenvalue weighted by Gasteiger charge is -2.37. The Kier molecular flexibility index (Phi) is 23.3. The smallest absolute Gasteiger partial charge is 0.276 e. The van der Waals surface area contributed by atoms with E-state index in [0.29, 0.717) is 28.7 Å². The highest BCUT2D eigenvalue weighted by atomic mass is 16.4. The Labute approximate surface area is 428 Å². The van der Waals surface area contributed by atoms with Gasteiger partial charge >= 0.3 is 0 Å². The summed E-state index contributed by atoms with van der Waals surface area (Å²) in [6, 6.07) is -2.37. The minimum atomic E-state index is -3.01. The number of aliphatic hydroxyl groups excluding tert-OH is 4. The van der Waals surface area contributed by atoms with E-state index in [0.717, 1.165) is 37.0 Å². The first-order valence-corrected chi connectivity index (χ1v) is 26.1. The summed E-state index contributed by atoms with van der Waals surface area (Å²) in [5.74, 6) is -7.75.